The van der Waals surface area contributed by atoms with Crippen LogP contribution in [0, 0.1) is 0 Å². The van der Waals surface area contributed by atoms with E-state index in [1.54, 1.807) is 0 Å². The monoisotopic (exact) mass is 164 g/mol. The summed E-state index contributed by atoms with van der Waals surface area (Å²) in [6, 6.07) is 0. The van der Waals surface area contributed by atoms with Gasteiger partial charge in [-0.3, -0.25) is 10.2 Å². The number of hydrazine groups is 1. The van der Waals surface area contributed by atoms with Crippen LogP contribution < -0.4 is 11.3 Å². The quantitative estimate of drug-likeness (QED) is 0.213. The molecule has 5 heteroatoms. The van der Waals surface area contributed by atoms with E-state index in [0.29, 0.717) is 5.75 Å². The highest BCUT2D eigenvalue weighted by molar-refractivity contribution is 7.99. The smallest absolute Gasteiger partial charge is 0.243 e. The van der Waals surface area contributed by atoms with Gasteiger partial charge in [-0.1, -0.05) is 0 Å². The first-order valence-electron chi connectivity index (χ1n) is 2.99. The molecule has 0 heterocycles. The summed E-state index contributed by atoms with van der Waals surface area (Å²) in [6.07, 6.45) is 0.725. The minimum atomic E-state index is -0.178. The average Bonchev–Trinajstić information content (AvgIpc) is 1.98. The van der Waals surface area contributed by atoms with Crippen molar-refractivity contribution in [2.45, 2.75) is 6.42 Å². The van der Waals surface area contributed by atoms with Crippen LogP contribution in [-0.2, 0) is 4.79 Å². The fraction of sp³-hybridized carbons (Fsp3) is 0.800. The number of carbonyl (C=O) groups excluding carboxylic acids is 1. The number of nitrogens with two attached hydrogens (primary N) is 1. The highest BCUT2D eigenvalue weighted by Crippen LogP contribution is 2.00. The number of hydrogen-bond acceptors (Lipinski definition) is 4. The van der Waals surface area contributed by atoms with Gasteiger partial charge in [0.2, 0.25) is 5.91 Å². The fourth-order valence-corrected chi connectivity index (χ4v) is 1.12. The average molecular weight is 164 g/mol. The summed E-state index contributed by atoms with van der Waals surface area (Å²) in [5.41, 5.74) is 2.02. The summed E-state index contributed by atoms with van der Waals surface area (Å²) >= 11 is 1.46. The molecule has 60 valence electrons. The number of aliphatic hydroxyl groups excluding tert-OH is 1. The van der Waals surface area contributed by atoms with E-state index in [1.807, 2.05) is 5.43 Å². The van der Waals surface area contributed by atoms with Crippen molar-refractivity contribution in [1.82, 2.24) is 5.43 Å². The summed E-state index contributed by atoms with van der Waals surface area (Å²) in [5, 5.41) is 8.35. The lowest BCUT2D eigenvalue weighted by Gasteiger charge is -1.97. The molecule has 0 spiro atoms. The van der Waals surface area contributed by atoms with Gasteiger partial charge < -0.3 is 5.11 Å². The molecule has 0 atom stereocenters. The highest BCUT2D eigenvalue weighted by Gasteiger charge is 1.96. The number of carbonyl (C=O) groups is 1. The van der Waals surface area contributed by atoms with Gasteiger partial charge in [0, 0.05) is 6.61 Å². The van der Waals surface area contributed by atoms with Crippen molar-refractivity contribution in [2.24, 2.45) is 5.84 Å². The lowest BCUT2D eigenvalue weighted by atomic mass is 10.5. The Labute approximate surface area is 64.1 Å². The summed E-state index contributed by atoms with van der Waals surface area (Å²) in [4.78, 5) is 10.5. The van der Waals surface area contributed by atoms with Gasteiger partial charge in [-0.2, -0.15) is 11.8 Å². The second-order valence-electron chi connectivity index (χ2n) is 1.70. The van der Waals surface area contributed by atoms with Gasteiger partial charge in [0.15, 0.2) is 0 Å². The Balaban J connectivity index is 2.96. The van der Waals surface area contributed by atoms with Gasteiger partial charge in [0.25, 0.3) is 0 Å². The standard InChI is InChI=1S/C5H12N2O2S/c6-7-5(9)4-10-3-1-2-8/h8H,1-4,6H2,(H,7,9). The van der Waals surface area contributed by atoms with Gasteiger partial charge in [0.1, 0.15) is 0 Å². The van der Waals surface area contributed by atoms with E-state index in [2.05, 4.69) is 0 Å². The van der Waals surface area contributed by atoms with Crippen molar-refractivity contribution in [3.8, 4) is 0 Å². The second-order valence-corrected chi connectivity index (χ2v) is 2.80. The van der Waals surface area contributed by atoms with Crippen LogP contribution in [0.3, 0.4) is 0 Å². The number of amides is 1. The van der Waals surface area contributed by atoms with E-state index in [4.69, 9.17) is 10.9 Å². The molecule has 0 rings (SSSR count). The van der Waals surface area contributed by atoms with E-state index in [0.717, 1.165) is 12.2 Å². The van der Waals surface area contributed by atoms with E-state index in [-0.39, 0.29) is 12.5 Å². The van der Waals surface area contributed by atoms with Crippen LogP contribution in [0.2, 0.25) is 0 Å². The molecule has 4 nitrogen and oxygen atoms in total. The van der Waals surface area contributed by atoms with Crippen molar-refractivity contribution in [2.75, 3.05) is 18.1 Å². The molecule has 0 aliphatic heterocycles. The summed E-state index contributed by atoms with van der Waals surface area (Å²) in [6.45, 7) is 0.178. The lowest BCUT2D eigenvalue weighted by Crippen LogP contribution is -2.31. The van der Waals surface area contributed by atoms with E-state index in [1.165, 1.54) is 11.8 Å². The summed E-state index contributed by atoms with van der Waals surface area (Å²) < 4.78 is 0. The number of nitrogens with one attached hydrogen (secondary N) is 1. The number of thioether (sulfide) groups is 1. The molecule has 4 N–H and O–H groups in total. The van der Waals surface area contributed by atoms with Crippen LogP contribution in [0.15, 0.2) is 0 Å². The first-order chi connectivity index (χ1) is 4.81. The molecule has 0 saturated heterocycles. The predicted octanol–water partition coefficient (Wildman–Crippen LogP) is -0.908. The van der Waals surface area contributed by atoms with E-state index >= 15 is 0 Å². The second kappa shape index (κ2) is 6.85. The highest BCUT2D eigenvalue weighted by atomic mass is 32.2. The Morgan fingerprint density at radius 2 is 2.40 bits per heavy atom. The van der Waals surface area contributed by atoms with Crippen molar-refractivity contribution < 1.29 is 9.90 Å². The number of aliphatic hydroxyl groups is 1. The zero-order valence-electron chi connectivity index (χ0n) is 5.67. The van der Waals surface area contributed by atoms with Crippen LogP contribution in [-0.4, -0.2) is 29.1 Å². The third kappa shape index (κ3) is 5.87. The molecule has 1 amide bonds. The molecule has 0 aliphatic carbocycles. The molecule has 0 bridgehead atoms. The van der Waals surface area contributed by atoms with Crippen LogP contribution in [0.1, 0.15) is 6.42 Å². The van der Waals surface area contributed by atoms with Crippen molar-refractivity contribution in [3.63, 3.8) is 0 Å². The van der Waals surface area contributed by atoms with Crippen LogP contribution in [0.4, 0.5) is 0 Å². The van der Waals surface area contributed by atoms with Crippen LogP contribution in [0.5, 0.6) is 0 Å². The van der Waals surface area contributed by atoms with Gasteiger partial charge in [0.05, 0.1) is 5.75 Å². The topological polar surface area (TPSA) is 75.3 Å². The van der Waals surface area contributed by atoms with Crippen molar-refractivity contribution in [1.29, 1.82) is 0 Å². The number of rotatable bonds is 5. The molecular weight excluding hydrogens is 152 g/mol. The van der Waals surface area contributed by atoms with E-state index < -0.39 is 0 Å². The zero-order valence-corrected chi connectivity index (χ0v) is 6.49. The molecule has 0 saturated carbocycles. The molecular formula is C5H12N2O2S. The predicted molar refractivity (Wildman–Crippen MR) is 41.4 cm³/mol. The first-order valence-corrected chi connectivity index (χ1v) is 4.14. The van der Waals surface area contributed by atoms with Crippen molar-refractivity contribution >= 4 is 17.7 Å². The van der Waals surface area contributed by atoms with E-state index in [9.17, 15) is 4.79 Å². The number of hydrogen-bond donors (Lipinski definition) is 3. The maximum Gasteiger partial charge on any atom is 0.243 e. The SMILES string of the molecule is NNC(=O)CSCCCO. The maximum atomic E-state index is 10.5. The molecule has 0 unspecified atom stereocenters. The fourth-order valence-electron chi connectivity index (χ4n) is 0.373. The Kier molecular flexibility index (Phi) is 6.68. The van der Waals surface area contributed by atoms with Gasteiger partial charge in [-0.05, 0) is 12.2 Å². The van der Waals surface area contributed by atoms with Gasteiger partial charge >= 0.3 is 0 Å². The first kappa shape index (κ1) is 9.74. The molecule has 0 radical (unpaired) electrons. The van der Waals surface area contributed by atoms with Crippen LogP contribution >= 0.6 is 11.8 Å². The zero-order chi connectivity index (χ0) is 7.82. The van der Waals surface area contributed by atoms with Crippen LogP contribution in [0.25, 0.3) is 0 Å². The Bertz CT molecular complexity index is 99.6. The molecule has 0 aliphatic rings. The Morgan fingerprint density at radius 1 is 1.70 bits per heavy atom. The summed E-state index contributed by atoms with van der Waals surface area (Å²) in [7, 11) is 0. The third-order valence-corrected chi connectivity index (χ3v) is 1.88. The lowest BCUT2D eigenvalue weighted by molar-refractivity contribution is -0.118. The Hall–Kier alpha value is -0.260. The Morgan fingerprint density at radius 3 is 2.90 bits per heavy atom. The maximum absolute atomic E-state index is 10.5. The van der Waals surface area contributed by atoms with Crippen molar-refractivity contribution in [3.05, 3.63) is 0 Å². The molecule has 0 fully saturated rings. The molecule has 0 aromatic rings. The molecule has 0 aromatic carbocycles. The molecule has 10 heavy (non-hydrogen) atoms. The summed E-state index contributed by atoms with van der Waals surface area (Å²) in [5.74, 6) is 5.81. The van der Waals surface area contributed by atoms with Gasteiger partial charge in [-0.25, -0.2) is 5.84 Å². The van der Waals surface area contributed by atoms with Gasteiger partial charge in [-0.15, -0.1) is 0 Å². The normalized spacial score (nSPS) is 9.40. The minimum Gasteiger partial charge on any atom is -0.396 e. The minimum absolute atomic E-state index is 0.178. The molecule has 0 aromatic heterocycles. The largest absolute Gasteiger partial charge is 0.396 e. The third-order valence-electron chi connectivity index (χ3n) is 0.841.